The SMILES string of the molecule is CCOC(=O)Cc1csc(NC(=O)c2cccn2C)n1. The molecule has 0 spiro atoms. The molecule has 106 valence electrons. The van der Waals surface area contributed by atoms with Crippen LogP contribution in [-0.4, -0.2) is 28.0 Å². The molecule has 1 N–H and O–H groups in total. The van der Waals surface area contributed by atoms with Gasteiger partial charge in [-0.05, 0) is 19.1 Å². The van der Waals surface area contributed by atoms with Gasteiger partial charge < -0.3 is 9.30 Å². The number of thiazole rings is 1. The molecule has 20 heavy (non-hydrogen) atoms. The number of amides is 1. The number of aromatic nitrogens is 2. The Labute approximate surface area is 120 Å². The van der Waals surface area contributed by atoms with E-state index >= 15 is 0 Å². The largest absolute Gasteiger partial charge is 0.466 e. The van der Waals surface area contributed by atoms with Crippen molar-refractivity contribution in [1.82, 2.24) is 9.55 Å². The maximum Gasteiger partial charge on any atom is 0.311 e. The third-order valence-electron chi connectivity index (χ3n) is 2.58. The van der Waals surface area contributed by atoms with Gasteiger partial charge in [-0.15, -0.1) is 11.3 Å². The quantitative estimate of drug-likeness (QED) is 0.854. The van der Waals surface area contributed by atoms with Crippen molar-refractivity contribution in [3.8, 4) is 0 Å². The molecule has 0 radical (unpaired) electrons. The zero-order chi connectivity index (χ0) is 14.5. The minimum atomic E-state index is -0.321. The number of hydrogen-bond donors (Lipinski definition) is 1. The maximum atomic E-state index is 12.0. The summed E-state index contributed by atoms with van der Waals surface area (Å²) in [5, 5.41) is 4.91. The predicted octanol–water partition coefficient (Wildman–Crippen LogP) is 1.84. The number of aryl methyl sites for hydroxylation is 1. The molecule has 0 aliphatic rings. The number of hydrogen-bond acceptors (Lipinski definition) is 5. The first-order chi connectivity index (χ1) is 9.60. The second-order valence-corrected chi connectivity index (χ2v) is 4.94. The molecule has 6 nitrogen and oxygen atoms in total. The summed E-state index contributed by atoms with van der Waals surface area (Å²) < 4.78 is 6.57. The minimum Gasteiger partial charge on any atom is -0.466 e. The summed E-state index contributed by atoms with van der Waals surface area (Å²) in [4.78, 5) is 27.5. The first-order valence-corrected chi connectivity index (χ1v) is 7.00. The Balaban J connectivity index is 1.98. The number of anilines is 1. The van der Waals surface area contributed by atoms with Crippen molar-refractivity contribution in [3.05, 3.63) is 35.1 Å². The van der Waals surface area contributed by atoms with E-state index in [1.807, 2.05) is 0 Å². The van der Waals surface area contributed by atoms with Crippen LogP contribution in [0.4, 0.5) is 5.13 Å². The maximum absolute atomic E-state index is 12.0. The monoisotopic (exact) mass is 293 g/mol. The van der Waals surface area contributed by atoms with Gasteiger partial charge in [0.05, 0.1) is 18.7 Å². The number of nitrogens with zero attached hydrogens (tertiary/aromatic N) is 2. The third-order valence-corrected chi connectivity index (χ3v) is 3.39. The van der Waals surface area contributed by atoms with Crippen molar-refractivity contribution in [1.29, 1.82) is 0 Å². The van der Waals surface area contributed by atoms with Crippen molar-refractivity contribution < 1.29 is 14.3 Å². The lowest BCUT2D eigenvalue weighted by molar-refractivity contribution is -0.142. The Morgan fingerprint density at radius 3 is 2.95 bits per heavy atom. The zero-order valence-electron chi connectivity index (χ0n) is 11.3. The first kappa shape index (κ1) is 14.3. The summed E-state index contributed by atoms with van der Waals surface area (Å²) >= 11 is 1.28. The summed E-state index contributed by atoms with van der Waals surface area (Å²) in [6.07, 6.45) is 1.91. The molecular formula is C13H15N3O3S. The van der Waals surface area contributed by atoms with E-state index in [2.05, 4.69) is 10.3 Å². The molecule has 7 heteroatoms. The van der Waals surface area contributed by atoms with E-state index in [1.54, 1.807) is 42.2 Å². The molecule has 0 atom stereocenters. The van der Waals surface area contributed by atoms with E-state index in [0.29, 0.717) is 23.1 Å². The fraction of sp³-hybridized carbons (Fsp3) is 0.308. The fourth-order valence-corrected chi connectivity index (χ4v) is 2.37. The molecule has 0 aliphatic carbocycles. The van der Waals surface area contributed by atoms with Gasteiger partial charge in [-0.3, -0.25) is 14.9 Å². The van der Waals surface area contributed by atoms with Crippen LogP contribution in [0.25, 0.3) is 0 Å². The summed E-state index contributed by atoms with van der Waals surface area (Å²) in [6, 6.07) is 3.52. The van der Waals surface area contributed by atoms with Crippen molar-refractivity contribution in [2.75, 3.05) is 11.9 Å². The van der Waals surface area contributed by atoms with Crippen molar-refractivity contribution in [2.24, 2.45) is 7.05 Å². The van der Waals surface area contributed by atoms with Gasteiger partial charge in [-0.25, -0.2) is 4.98 Å². The van der Waals surface area contributed by atoms with Crippen molar-refractivity contribution in [2.45, 2.75) is 13.3 Å². The lowest BCUT2D eigenvalue weighted by atomic mass is 10.3. The van der Waals surface area contributed by atoms with Gasteiger partial charge in [0, 0.05) is 18.6 Å². The van der Waals surface area contributed by atoms with Gasteiger partial charge in [-0.2, -0.15) is 0 Å². The number of rotatable bonds is 5. The molecule has 2 aromatic rings. The van der Waals surface area contributed by atoms with Crippen LogP contribution >= 0.6 is 11.3 Å². The standard InChI is InChI=1S/C13H15N3O3S/c1-3-19-11(17)7-9-8-20-13(14-9)15-12(18)10-5-4-6-16(10)2/h4-6,8H,3,7H2,1-2H3,(H,14,15,18). The van der Waals surface area contributed by atoms with Crippen LogP contribution in [-0.2, 0) is 23.0 Å². The molecule has 0 bridgehead atoms. The molecule has 2 heterocycles. The molecule has 0 aromatic carbocycles. The van der Waals surface area contributed by atoms with Gasteiger partial charge in [0.25, 0.3) is 5.91 Å². The Morgan fingerprint density at radius 2 is 2.30 bits per heavy atom. The Hall–Kier alpha value is -2.15. The van der Waals surface area contributed by atoms with E-state index in [-0.39, 0.29) is 18.3 Å². The second kappa shape index (κ2) is 6.33. The van der Waals surface area contributed by atoms with Crippen LogP contribution in [0.1, 0.15) is 23.1 Å². The highest BCUT2D eigenvalue weighted by molar-refractivity contribution is 7.14. The number of nitrogens with one attached hydrogen (secondary N) is 1. The zero-order valence-corrected chi connectivity index (χ0v) is 12.1. The van der Waals surface area contributed by atoms with Crippen molar-refractivity contribution >= 4 is 28.3 Å². The Bertz CT molecular complexity index is 618. The Kier molecular flexibility index (Phi) is 4.52. The summed E-state index contributed by atoms with van der Waals surface area (Å²) in [7, 11) is 1.79. The number of carbonyl (C=O) groups excluding carboxylic acids is 2. The fourth-order valence-electron chi connectivity index (χ4n) is 1.66. The van der Waals surface area contributed by atoms with E-state index in [4.69, 9.17) is 4.74 Å². The van der Waals surface area contributed by atoms with Gasteiger partial charge in [0.1, 0.15) is 5.69 Å². The average Bonchev–Trinajstić information content (AvgIpc) is 2.99. The van der Waals surface area contributed by atoms with Crippen LogP contribution in [0.5, 0.6) is 0 Å². The van der Waals surface area contributed by atoms with Gasteiger partial charge >= 0.3 is 5.97 Å². The highest BCUT2D eigenvalue weighted by atomic mass is 32.1. The topological polar surface area (TPSA) is 73.2 Å². The molecular weight excluding hydrogens is 278 g/mol. The second-order valence-electron chi connectivity index (χ2n) is 4.08. The van der Waals surface area contributed by atoms with Crippen LogP contribution in [0.3, 0.4) is 0 Å². The van der Waals surface area contributed by atoms with E-state index < -0.39 is 0 Å². The van der Waals surface area contributed by atoms with Gasteiger partial charge in [0.2, 0.25) is 0 Å². The van der Waals surface area contributed by atoms with E-state index in [1.165, 1.54) is 11.3 Å². The Morgan fingerprint density at radius 1 is 1.50 bits per heavy atom. The highest BCUT2D eigenvalue weighted by Gasteiger charge is 2.13. The molecule has 0 saturated carbocycles. The molecule has 0 unspecified atom stereocenters. The molecule has 1 amide bonds. The highest BCUT2D eigenvalue weighted by Crippen LogP contribution is 2.17. The molecule has 0 aliphatic heterocycles. The van der Waals surface area contributed by atoms with Crippen LogP contribution in [0.15, 0.2) is 23.7 Å². The number of esters is 1. The lowest BCUT2D eigenvalue weighted by Gasteiger charge is -2.02. The molecule has 2 aromatic heterocycles. The predicted molar refractivity (Wildman–Crippen MR) is 75.8 cm³/mol. The summed E-state index contributed by atoms with van der Waals surface area (Å²) in [5.41, 5.74) is 1.14. The number of ether oxygens (including phenoxy) is 1. The molecule has 0 saturated heterocycles. The molecule has 2 rings (SSSR count). The average molecular weight is 293 g/mol. The van der Waals surface area contributed by atoms with E-state index in [0.717, 1.165) is 0 Å². The van der Waals surface area contributed by atoms with E-state index in [9.17, 15) is 9.59 Å². The normalized spacial score (nSPS) is 10.3. The first-order valence-electron chi connectivity index (χ1n) is 6.13. The van der Waals surface area contributed by atoms with Gasteiger partial charge in [0.15, 0.2) is 5.13 Å². The number of carbonyl (C=O) groups is 2. The van der Waals surface area contributed by atoms with Crippen LogP contribution in [0.2, 0.25) is 0 Å². The lowest BCUT2D eigenvalue weighted by Crippen LogP contribution is -2.15. The third kappa shape index (κ3) is 3.45. The van der Waals surface area contributed by atoms with Crippen molar-refractivity contribution in [3.63, 3.8) is 0 Å². The van der Waals surface area contributed by atoms with Crippen LogP contribution in [0, 0.1) is 0 Å². The minimum absolute atomic E-state index is 0.115. The van der Waals surface area contributed by atoms with Crippen LogP contribution < -0.4 is 5.32 Å². The van der Waals surface area contributed by atoms with Gasteiger partial charge in [-0.1, -0.05) is 0 Å². The summed E-state index contributed by atoms with van der Waals surface area (Å²) in [6.45, 7) is 2.10. The summed E-state index contributed by atoms with van der Waals surface area (Å²) in [5.74, 6) is -0.548. The molecule has 0 fully saturated rings. The smallest absolute Gasteiger partial charge is 0.311 e.